The van der Waals surface area contributed by atoms with E-state index >= 15 is 0 Å². The van der Waals surface area contributed by atoms with Crippen LogP contribution in [0.3, 0.4) is 0 Å². The zero-order valence-corrected chi connectivity index (χ0v) is 11.6. The Morgan fingerprint density at radius 3 is 2.75 bits per heavy atom. The summed E-state index contributed by atoms with van der Waals surface area (Å²) < 4.78 is 0. The molecule has 1 fully saturated rings. The fourth-order valence-electron chi connectivity index (χ4n) is 2.30. The zero-order valence-electron chi connectivity index (χ0n) is 10.8. The van der Waals surface area contributed by atoms with E-state index in [0.29, 0.717) is 24.7 Å². The molecule has 0 saturated carbocycles. The summed E-state index contributed by atoms with van der Waals surface area (Å²) in [5, 5.41) is 12.7. The molecule has 0 bridgehead atoms. The largest absolute Gasteiger partial charge is 0.396 e. The highest BCUT2D eigenvalue weighted by Gasteiger charge is 2.25. The summed E-state index contributed by atoms with van der Waals surface area (Å²) in [6.45, 7) is 7.18. The van der Waals surface area contributed by atoms with Gasteiger partial charge in [-0.3, -0.25) is 4.90 Å². The van der Waals surface area contributed by atoms with Gasteiger partial charge in [-0.25, -0.2) is 0 Å². The minimum atomic E-state index is 0.291. The average Bonchev–Trinajstić information content (AvgIpc) is 2.67. The van der Waals surface area contributed by atoms with Gasteiger partial charge < -0.3 is 10.4 Å². The van der Waals surface area contributed by atoms with Crippen molar-refractivity contribution in [2.24, 2.45) is 0 Å². The second kappa shape index (κ2) is 7.54. The number of hydrogen-bond donors (Lipinski definition) is 2. The van der Waals surface area contributed by atoms with Gasteiger partial charge in [0.25, 0.3) is 0 Å². The van der Waals surface area contributed by atoms with Crippen molar-refractivity contribution >= 4 is 11.8 Å². The van der Waals surface area contributed by atoms with Gasteiger partial charge in [0.1, 0.15) is 0 Å². The van der Waals surface area contributed by atoms with Gasteiger partial charge in [0.2, 0.25) is 0 Å². The van der Waals surface area contributed by atoms with Crippen molar-refractivity contribution in [3.8, 4) is 0 Å². The first-order valence-corrected chi connectivity index (χ1v) is 7.66. The smallest absolute Gasteiger partial charge is 0.0446 e. The summed E-state index contributed by atoms with van der Waals surface area (Å²) in [4.78, 5) is 2.52. The van der Waals surface area contributed by atoms with E-state index in [1.54, 1.807) is 0 Å². The molecular weight excluding hydrogens is 220 g/mol. The Morgan fingerprint density at radius 2 is 2.25 bits per heavy atom. The van der Waals surface area contributed by atoms with Crippen molar-refractivity contribution in [1.82, 2.24) is 10.2 Å². The number of likely N-dealkylation sites (tertiary alicyclic amines) is 1. The van der Waals surface area contributed by atoms with Crippen molar-refractivity contribution in [2.45, 2.75) is 44.8 Å². The molecular formula is C12H26N2OS. The fraction of sp³-hybridized carbons (Fsp3) is 1.00. The van der Waals surface area contributed by atoms with Gasteiger partial charge in [0.05, 0.1) is 0 Å². The number of thioether (sulfide) groups is 1. The molecule has 1 saturated heterocycles. The van der Waals surface area contributed by atoms with Crippen LogP contribution < -0.4 is 5.32 Å². The van der Waals surface area contributed by atoms with Crippen molar-refractivity contribution < 1.29 is 5.11 Å². The molecule has 0 spiro atoms. The van der Waals surface area contributed by atoms with Crippen LogP contribution >= 0.6 is 11.8 Å². The first-order valence-electron chi connectivity index (χ1n) is 6.27. The zero-order chi connectivity index (χ0) is 12.0. The Bertz CT molecular complexity index is 184. The predicted molar refractivity (Wildman–Crippen MR) is 72.1 cm³/mol. The molecule has 4 heteroatoms. The Kier molecular flexibility index (Phi) is 6.73. The Hall–Kier alpha value is 0.230. The highest BCUT2D eigenvalue weighted by molar-refractivity contribution is 7.98. The van der Waals surface area contributed by atoms with Crippen LogP contribution in [0.15, 0.2) is 0 Å². The lowest BCUT2D eigenvalue weighted by Crippen LogP contribution is -2.42. The normalized spacial score (nSPS) is 24.2. The monoisotopic (exact) mass is 246 g/mol. The molecule has 96 valence electrons. The van der Waals surface area contributed by atoms with Crippen LogP contribution in [0.25, 0.3) is 0 Å². The molecule has 0 aromatic rings. The van der Waals surface area contributed by atoms with Gasteiger partial charge in [0, 0.05) is 37.0 Å². The number of hydrogen-bond acceptors (Lipinski definition) is 4. The van der Waals surface area contributed by atoms with E-state index in [9.17, 15) is 0 Å². The van der Waals surface area contributed by atoms with E-state index in [1.165, 1.54) is 13.0 Å². The quantitative estimate of drug-likeness (QED) is 0.707. The van der Waals surface area contributed by atoms with Gasteiger partial charge in [-0.05, 0) is 39.5 Å². The third-order valence-electron chi connectivity index (χ3n) is 3.27. The van der Waals surface area contributed by atoms with E-state index in [0.717, 1.165) is 18.7 Å². The lowest BCUT2D eigenvalue weighted by Gasteiger charge is -2.24. The van der Waals surface area contributed by atoms with Gasteiger partial charge in [-0.15, -0.1) is 0 Å². The maximum atomic E-state index is 9.02. The summed E-state index contributed by atoms with van der Waals surface area (Å²) in [7, 11) is 0. The number of aliphatic hydroxyl groups is 1. The molecule has 1 aliphatic heterocycles. The molecule has 0 radical (unpaired) electrons. The molecule has 1 heterocycles. The second-order valence-electron chi connectivity index (χ2n) is 4.91. The van der Waals surface area contributed by atoms with Crippen molar-refractivity contribution in [1.29, 1.82) is 0 Å². The highest BCUT2D eigenvalue weighted by Crippen LogP contribution is 2.14. The first kappa shape index (κ1) is 14.3. The fourth-order valence-corrected chi connectivity index (χ4v) is 2.96. The van der Waals surface area contributed by atoms with Crippen molar-refractivity contribution in [3.63, 3.8) is 0 Å². The maximum absolute atomic E-state index is 9.02. The van der Waals surface area contributed by atoms with E-state index in [-0.39, 0.29) is 0 Å². The lowest BCUT2D eigenvalue weighted by molar-refractivity contribution is 0.251. The minimum absolute atomic E-state index is 0.291. The van der Waals surface area contributed by atoms with Gasteiger partial charge in [-0.2, -0.15) is 11.8 Å². The molecule has 0 amide bonds. The van der Waals surface area contributed by atoms with Crippen LogP contribution in [0.2, 0.25) is 0 Å². The molecule has 2 atom stereocenters. The van der Waals surface area contributed by atoms with Crippen LogP contribution in [0.1, 0.15) is 26.7 Å². The molecule has 0 aromatic heterocycles. The Balaban J connectivity index is 2.30. The maximum Gasteiger partial charge on any atom is 0.0446 e. The molecule has 1 aliphatic rings. The number of nitrogens with zero attached hydrogens (tertiary/aromatic N) is 1. The van der Waals surface area contributed by atoms with Crippen LogP contribution in [0.4, 0.5) is 0 Å². The summed E-state index contributed by atoms with van der Waals surface area (Å²) in [6, 6.07) is 1.74. The average molecular weight is 246 g/mol. The third kappa shape index (κ3) is 4.62. The minimum Gasteiger partial charge on any atom is -0.396 e. The molecule has 3 nitrogen and oxygen atoms in total. The molecule has 16 heavy (non-hydrogen) atoms. The molecule has 0 aliphatic carbocycles. The third-order valence-corrected chi connectivity index (χ3v) is 4.00. The van der Waals surface area contributed by atoms with Crippen LogP contribution in [-0.4, -0.2) is 59.8 Å². The molecule has 0 aromatic carbocycles. The Morgan fingerprint density at radius 1 is 1.50 bits per heavy atom. The number of rotatable bonds is 7. The topological polar surface area (TPSA) is 35.5 Å². The lowest BCUT2D eigenvalue weighted by atomic mass is 10.2. The van der Waals surface area contributed by atoms with E-state index < -0.39 is 0 Å². The summed E-state index contributed by atoms with van der Waals surface area (Å²) in [5.74, 6) is 1.10. The van der Waals surface area contributed by atoms with E-state index in [2.05, 4.69) is 30.3 Å². The summed E-state index contributed by atoms with van der Waals surface area (Å²) >= 11 is 1.85. The predicted octanol–water partition coefficient (Wildman–Crippen LogP) is 1.17. The molecule has 2 N–H and O–H groups in total. The van der Waals surface area contributed by atoms with Crippen molar-refractivity contribution in [3.05, 3.63) is 0 Å². The van der Waals surface area contributed by atoms with E-state index in [1.807, 2.05) is 11.8 Å². The van der Waals surface area contributed by atoms with E-state index in [4.69, 9.17) is 5.11 Å². The number of aliphatic hydroxyl groups excluding tert-OH is 1. The van der Waals surface area contributed by atoms with Crippen LogP contribution in [0, 0.1) is 0 Å². The molecule has 2 unspecified atom stereocenters. The number of nitrogens with one attached hydrogen (secondary N) is 1. The molecule has 1 rings (SSSR count). The van der Waals surface area contributed by atoms with Gasteiger partial charge >= 0.3 is 0 Å². The first-order chi connectivity index (χ1) is 7.67. The highest BCUT2D eigenvalue weighted by atomic mass is 32.2. The standard InChI is InChI=1S/C12H26N2OS/c1-10(2)14-6-4-11(8-14)13-12(5-7-15)9-16-3/h10-13,15H,4-9H2,1-3H3. The van der Waals surface area contributed by atoms with Gasteiger partial charge in [-0.1, -0.05) is 0 Å². The summed E-state index contributed by atoms with van der Waals surface area (Å²) in [6.07, 6.45) is 4.24. The van der Waals surface area contributed by atoms with Crippen molar-refractivity contribution in [2.75, 3.05) is 31.7 Å². The summed E-state index contributed by atoms with van der Waals surface area (Å²) in [5.41, 5.74) is 0. The Labute approximate surface area is 104 Å². The second-order valence-corrected chi connectivity index (χ2v) is 5.82. The van der Waals surface area contributed by atoms with Crippen LogP contribution in [0.5, 0.6) is 0 Å². The van der Waals surface area contributed by atoms with Crippen LogP contribution in [-0.2, 0) is 0 Å². The van der Waals surface area contributed by atoms with Gasteiger partial charge in [0.15, 0.2) is 0 Å². The SMILES string of the molecule is CSCC(CCO)NC1CCN(C(C)C)C1.